The van der Waals surface area contributed by atoms with Crippen LogP contribution in [0.15, 0.2) is 78.0 Å². The monoisotopic (exact) mass is 344 g/mol. The molecule has 0 fully saturated rings. The number of benzene rings is 3. The van der Waals surface area contributed by atoms with Gasteiger partial charge in [0.15, 0.2) is 0 Å². The summed E-state index contributed by atoms with van der Waals surface area (Å²) in [7, 11) is 0. The van der Waals surface area contributed by atoms with Gasteiger partial charge in [0.1, 0.15) is 11.4 Å². The molecule has 0 unspecified atom stereocenters. The number of H-pyrrole nitrogens is 1. The minimum absolute atomic E-state index is 0.245. The Kier molecular flexibility index (Phi) is 3.78. The Morgan fingerprint density at radius 3 is 2.27 bits per heavy atom. The predicted octanol–water partition coefficient (Wildman–Crippen LogP) is 4.21. The number of carbonyl (C=O) groups is 1. The topological polar surface area (TPSA) is 86.4 Å². The summed E-state index contributed by atoms with van der Waals surface area (Å²) in [5, 5.41) is 16.4. The molecule has 0 atom stereocenters. The van der Waals surface area contributed by atoms with E-state index in [0.29, 0.717) is 5.69 Å². The summed E-state index contributed by atoms with van der Waals surface area (Å²) in [5.74, 6) is -0.952. The quantitative estimate of drug-likeness (QED) is 0.429. The third-order valence-corrected chi connectivity index (χ3v) is 4.27. The van der Waals surface area contributed by atoms with Crippen LogP contribution in [0.2, 0.25) is 0 Å². The maximum Gasteiger partial charge on any atom is 0.335 e. The number of carboxylic acid groups (broad SMARTS) is 1. The van der Waals surface area contributed by atoms with Crippen molar-refractivity contribution >= 4 is 22.6 Å². The van der Waals surface area contributed by atoms with Crippen molar-refractivity contribution in [2.45, 2.75) is 0 Å². The van der Waals surface area contributed by atoms with Crippen LogP contribution in [0.1, 0.15) is 10.4 Å². The minimum Gasteiger partial charge on any atom is -0.478 e. The molecule has 0 saturated heterocycles. The maximum absolute atomic E-state index is 11.1. The molecule has 126 valence electrons. The lowest BCUT2D eigenvalue weighted by Gasteiger charge is -1.98. The number of fused-ring (bicyclic) bond motifs is 1. The van der Waals surface area contributed by atoms with Gasteiger partial charge < -0.3 is 5.11 Å². The van der Waals surface area contributed by atoms with Crippen LogP contribution in [0.25, 0.3) is 27.8 Å². The van der Waals surface area contributed by atoms with E-state index >= 15 is 0 Å². The number of hydrogen-bond acceptors (Lipinski definition) is 3. The molecule has 1 heterocycles. The van der Waals surface area contributed by atoms with Crippen LogP contribution in [-0.2, 0) is 0 Å². The van der Waals surface area contributed by atoms with Crippen molar-refractivity contribution in [1.29, 1.82) is 0 Å². The average Bonchev–Trinajstić information content (AvgIpc) is 3.08. The number of aromatic carboxylic acids is 1. The highest BCUT2D eigenvalue weighted by Gasteiger charge is 2.20. The molecule has 3 aromatic carbocycles. The summed E-state index contributed by atoms with van der Waals surface area (Å²) in [5.41, 5.74) is 4.22. The van der Waals surface area contributed by atoms with E-state index in [9.17, 15) is 9.70 Å². The second kappa shape index (κ2) is 6.25. The molecule has 4 rings (SSSR count). The van der Waals surface area contributed by atoms with Crippen LogP contribution in [0.5, 0.6) is 0 Å². The van der Waals surface area contributed by atoms with Gasteiger partial charge >= 0.3 is 5.97 Å². The summed E-state index contributed by atoms with van der Waals surface area (Å²) in [6.45, 7) is 0. The SMILES string of the molecule is O=Nc1ccc(-[n+]2[nH]c(-c3ccc(C(=O)O)cc3)c3ccccc32)cc1. The average molecular weight is 344 g/mol. The Morgan fingerprint density at radius 1 is 0.923 bits per heavy atom. The van der Waals surface area contributed by atoms with E-state index < -0.39 is 5.97 Å². The molecule has 1 aromatic heterocycles. The molecule has 6 nitrogen and oxygen atoms in total. The van der Waals surface area contributed by atoms with Crippen molar-refractivity contribution in [3.05, 3.63) is 83.3 Å². The molecule has 0 spiro atoms. The number of nitrogens with one attached hydrogen (secondary N) is 1. The summed E-state index contributed by atoms with van der Waals surface area (Å²) < 4.78 is 1.92. The number of nitroso groups, excluding NO2 is 1. The molecule has 0 amide bonds. The summed E-state index contributed by atoms with van der Waals surface area (Å²) in [6, 6.07) is 21.6. The lowest BCUT2D eigenvalue weighted by atomic mass is 10.1. The lowest BCUT2D eigenvalue weighted by molar-refractivity contribution is -0.629. The highest BCUT2D eigenvalue weighted by molar-refractivity contribution is 5.92. The van der Waals surface area contributed by atoms with Crippen molar-refractivity contribution in [3.63, 3.8) is 0 Å². The summed E-state index contributed by atoms with van der Waals surface area (Å²) in [6.07, 6.45) is 0. The van der Waals surface area contributed by atoms with Gasteiger partial charge in [0.05, 0.1) is 10.9 Å². The number of rotatable bonds is 4. The van der Waals surface area contributed by atoms with Crippen molar-refractivity contribution < 1.29 is 14.6 Å². The molecular weight excluding hydrogens is 330 g/mol. The van der Waals surface area contributed by atoms with Crippen LogP contribution in [-0.4, -0.2) is 16.2 Å². The molecule has 0 aliphatic carbocycles. The van der Waals surface area contributed by atoms with E-state index in [1.54, 1.807) is 36.4 Å². The molecule has 0 aliphatic heterocycles. The van der Waals surface area contributed by atoms with Gasteiger partial charge in [-0.1, -0.05) is 28.9 Å². The first-order valence-electron chi connectivity index (χ1n) is 7.97. The first-order valence-corrected chi connectivity index (χ1v) is 7.97. The third kappa shape index (κ3) is 2.63. The second-order valence-electron chi connectivity index (χ2n) is 5.83. The van der Waals surface area contributed by atoms with Crippen molar-refractivity contribution in [2.75, 3.05) is 0 Å². The largest absolute Gasteiger partial charge is 0.478 e. The van der Waals surface area contributed by atoms with Gasteiger partial charge in [0, 0.05) is 23.8 Å². The van der Waals surface area contributed by atoms with Gasteiger partial charge in [-0.15, -0.1) is 4.91 Å². The maximum atomic E-state index is 11.1. The molecule has 6 heteroatoms. The van der Waals surface area contributed by atoms with Gasteiger partial charge in [0.2, 0.25) is 11.2 Å². The fourth-order valence-corrected chi connectivity index (χ4v) is 2.98. The Bertz CT molecular complexity index is 1110. The third-order valence-electron chi connectivity index (χ3n) is 4.27. The predicted molar refractivity (Wildman–Crippen MR) is 97.7 cm³/mol. The van der Waals surface area contributed by atoms with Gasteiger partial charge in [-0.25, -0.2) is 4.79 Å². The van der Waals surface area contributed by atoms with Gasteiger partial charge in [-0.3, -0.25) is 0 Å². The van der Waals surface area contributed by atoms with E-state index in [4.69, 9.17) is 5.11 Å². The molecule has 0 aliphatic rings. The summed E-state index contributed by atoms with van der Waals surface area (Å²) >= 11 is 0. The Balaban J connectivity index is 1.88. The lowest BCUT2D eigenvalue weighted by Crippen LogP contribution is -2.32. The number of nitrogens with zero attached hydrogens (tertiary/aromatic N) is 2. The Hall–Kier alpha value is -3.80. The number of carboxylic acids is 1. The molecular formula is C20H14N3O3+. The van der Waals surface area contributed by atoms with E-state index in [1.807, 2.05) is 41.1 Å². The highest BCUT2D eigenvalue weighted by Crippen LogP contribution is 2.26. The van der Waals surface area contributed by atoms with Gasteiger partial charge in [-0.2, -0.15) is 5.10 Å². The van der Waals surface area contributed by atoms with Crippen LogP contribution in [0.3, 0.4) is 0 Å². The van der Waals surface area contributed by atoms with Gasteiger partial charge in [-0.05, 0) is 35.5 Å². The minimum atomic E-state index is -0.952. The van der Waals surface area contributed by atoms with E-state index in [0.717, 1.165) is 27.8 Å². The molecule has 0 bridgehead atoms. The first-order chi connectivity index (χ1) is 12.7. The van der Waals surface area contributed by atoms with Crippen molar-refractivity contribution in [1.82, 2.24) is 5.10 Å². The molecule has 0 radical (unpaired) electrons. The van der Waals surface area contributed by atoms with Crippen LogP contribution < -0.4 is 4.68 Å². The fraction of sp³-hybridized carbons (Fsp3) is 0. The standard InChI is InChI=1S/C20H13N3O3/c24-20(25)14-7-5-13(6-8-14)19-17-3-1-2-4-18(17)23(21-19)16-11-9-15(22-26)10-12-16/h1-12H,(H,24,25)/p+1. The molecule has 4 aromatic rings. The summed E-state index contributed by atoms with van der Waals surface area (Å²) in [4.78, 5) is 21.7. The van der Waals surface area contributed by atoms with Crippen LogP contribution >= 0.6 is 0 Å². The Morgan fingerprint density at radius 2 is 1.62 bits per heavy atom. The van der Waals surface area contributed by atoms with Gasteiger partial charge in [0.25, 0.3) is 0 Å². The number of aromatic nitrogens is 2. The molecule has 26 heavy (non-hydrogen) atoms. The van der Waals surface area contributed by atoms with Crippen molar-refractivity contribution in [3.8, 4) is 16.9 Å². The van der Waals surface area contributed by atoms with E-state index in [1.165, 1.54) is 0 Å². The zero-order valence-electron chi connectivity index (χ0n) is 13.6. The molecule has 0 saturated carbocycles. The first kappa shape index (κ1) is 15.7. The highest BCUT2D eigenvalue weighted by atomic mass is 16.4. The van der Waals surface area contributed by atoms with Crippen LogP contribution in [0.4, 0.5) is 5.69 Å². The van der Waals surface area contributed by atoms with Crippen LogP contribution in [0, 0.1) is 4.91 Å². The van der Waals surface area contributed by atoms with Crippen molar-refractivity contribution in [2.24, 2.45) is 5.18 Å². The second-order valence-corrected chi connectivity index (χ2v) is 5.83. The number of para-hydroxylation sites is 1. The normalized spacial score (nSPS) is 10.8. The fourth-order valence-electron chi connectivity index (χ4n) is 2.98. The van der Waals surface area contributed by atoms with E-state index in [2.05, 4.69) is 10.3 Å². The number of aromatic amines is 1. The zero-order valence-corrected chi connectivity index (χ0v) is 13.6. The Labute approximate surface area is 148 Å². The molecule has 2 N–H and O–H groups in total. The zero-order chi connectivity index (χ0) is 18.1. The number of hydrogen-bond donors (Lipinski definition) is 2. The van der Waals surface area contributed by atoms with E-state index in [-0.39, 0.29) is 5.56 Å². The smallest absolute Gasteiger partial charge is 0.335 e.